The molecule has 0 aromatic heterocycles. The molecule has 16 heavy (non-hydrogen) atoms. The van der Waals surface area contributed by atoms with Gasteiger partial charge in [-0.1, -0.05) is 0 Å². The minimum Gasteiger partial charge on any atom is -0.481 e. The van der Waals surface area contributed by atoms with Crippen LogP contribution in [0.5, 0.6) is 0 Å². The van der Waals surface area contributed by atoms with Crippen molar-refractivity contribution in [2.75, 3.05) is 0 Å². The Hall–Kier alpha value is -1.10. The molecule has 2 rings (SSSR count). The van der Waals surface area contributed by atoms with Crippen LogP contribution < -0.4 is 11.1 Å². The Kier molecular flexibility index (Phi) is 2.88. The maximum atomic E-state index is 11.5. The number of fused-ring (bicyclic) bond motifs is 2. The Labute approximate surface area is 94.4 Å². The molecule has 2 saturated carbocycles. The second-order valence-electron chi connectivity index (χ2n) is 5.02. The molecule has 2 fully saturated rings. The highest BCUT2D eigenvalue weighted by Gasteiger charge is 2.51. The first-order valence-electron chi connectivity index (χ1n) is 5.79. The first-order chi connectivity index (χ1) is 7.50. The molecule has 5 atom stereocenters. The van der Waals surface area contributed by atoms with Crippen LogP contribution in [0.3, 0.4) is 0 Å². The predicted molar refractivity (Wildman–Crippen MR) is 57.5 cm³/mol. The lowest BCUT2D eigenvalue weighted by Gasteiger charge is -2.29. The maximum Gasteiger partial charge on any atom is 0.308 e. The minimum atomic E-state index is -0.790. The summed E-state index contributed by atoms with van der Waals surface area (Å²) in [5.74, 6) is -0.887. The number of carbonyl (C=O) groups is 2. The molecular formula is C11H18N2O3. The number of rotatable bonds is 3. The van der Waals surface area contributed by atoms with E-state index in [1.807, 2.05) is 0 Å². The van der Waals surface area contributed by atoms with E-state index in [4.69, 9.17) is 5.73 Å². The summed E-state index contributed by atoms with van der Waals surface area (Å²) in [7, 11) is 0. The van der Waals surface area contributed by atoms with E-state index in [0.29, 0.717) is 5.92 Å². The van der Waals surface area contributed by atoms with Crippen LogP contribution in [0.15, 0.2) is 0 Å². The van der Waals surface area contributed by atoms with Gasteiger partial charge in [-0.15, -0.1) is 0 Å². The van der Waals surface area contributed by atoms with Crippen LogP contribution >= 0.6 is 0 Å². The van der Waals surface area contributed by atoms with Crippen LogP contribution in [-0.2, 0) is 9.59 Å². The Morgan fingerprint density at radius 3 is 2.56 bits per heavy atom. The van der Waals surface area contributed by atoms with Gasteiger partial charge >= 0.3 is 5.97 Å². The molecule has 0 spiro atoms. The average molecular weight is 226 g/mol. The molecule has 1 amide bonds. The summed E-state index contributed by atoms with van der Waals surface area (Å²) >= 11 is 0. The summed E-state index contributed by atoms with van der Waals surface area (Å²) in [5.41, 5.74) is 5.47. The first kappa shape index (κ1) is 11.4. The first-order valence-corrected chi connectivity index (χ1v) is 5.79. The number of nitrogens with two attached hydrogens (primary N) is 1. The summed E-state index contributed by atoms with van der Waals surface area (Å²) in [6.45, 7) is 1.61. The zero-order valence-electron chi connectivity index (χ0n) is 9.35. The smallest absolute Gasteiger partial charge is 0.308 e. The van der Waals surface area contributed by atoms with Crippen LogP contribution in [0.25, 0.3) is 0 Å². The SMILES string of the molecule is CC(N)C(=O)NC1C2CCC(C2)C1C(=O)O. The minimum absolute atomic E-state index is 0.213. The molecule has 2 aliphatic rings. The van der Waals surface area contributed by atoms with Crippen molar-refractivity contribution in [2.45, 2.75) is 38.3 Å². The van der Waals surface area contributed by atoms with E-state index in [9.17, 15) is 14.7 Å². The number of hydrogen-bond acceptors (Lipinski definition) is 3. The van der Waals surface area contributed by atoms with Crippen molar-refractivity contribution < 1.29 is 14.7 Å². The third kappa shape index (κ3) is 1.80. The van der Waals surface area contributed by atoms with Gasteiger partial charge < -0.3 is 16.2 Å². The van der Waals surface area contributed by atoms with Gasteiger partial charge in [0, 0.05) is 6.04 Å². The van der Waals surface area contributed by atoms with Gasteiger partial charge in [-0.3, -0.25) is 9.59 Å². The molecule has 5 nitrogen and oxygen atoms in total. The molecule has 0 aromatic rings. The van der Waals surface area contributed by atoms with Crippen LogP contribution in [0, 0.1) is 17.8 Å². The van der Waals surface area contributed by atoms with E-state index in [-0.39, 0.29) is 17.9 Å². The summed E-state index contributed by atoms with van der Waals surface area (Å²) in [6, 6.07) is -0.789. The molecule has 2 bridgehead atoms. The van der Waals surface area contributed by atoms with Crippen molar-refractivity contribution in [3.8, 4) is 0 Å². The van der Waals surface area contributed by atoms with Crippen molar-refractivity contribution >= 4 is 11.9 Å². The third-order valence-corrected chi connectivity index (χ3v) is 3.92. The fourth-order valence-electron chi connectivity index (χ4n) is 3.15. The Morgan fingerprint density at radius 1 is 1.38 bits per heavy atom. The standard InChI is InChI=1S/C11H18N2O3/c1-5(12)10(14)13-9-7-3-2-6(4-7)8(9)11(15)16/h5-9H,2-4,12H2,1H3,(H,13,14)(H,15,16). The Morgan fingerprint density at radius 2 is 2.00 bits per heavy atom. The Balaban J connectivity index is 2.07. The summed E-state index contributed by atoms with van der Waals surface area (Å²) in [4.78, 5) is 22.7. The van der Waals surface area contributed by atoms with E-state index in [1.54, 1.807) is 6.92 Å². The third-order valence-electron chi connectivity index (χ3n) is 3.92. The number of hydrogen-bond donors (Lipinski definition) is 3. The fraction of sp³-hybridized carbons (Fsp3) is 0.818. The summed E-state index contributed by atoms with van der Waals surface area (Å²) < 4.78 is 0. The summed E-state index contributed by atoms with van der Waals surface area (Å²) in [5, 5.41) is 12.0. The number of carboxylic acids is 1. The van der Waals surface area contributed by atoms with E-state index in [0.717, 1.165) is 19.3 Å². The van der Waals surface area contributed by atoms with Gasteiger partial charge in [0.2, 0.25) is 5.91 Å². The molecule has 4 N–H and O–H groups in total. The molecular weight excluding hydrogens is 208 g/mol. The van der Waals surface area contributed by atoms with E-state index in [2.05, 4.69) is 5.32 Å². The van der Waals surface area contributed by atoms with Gasteiger partial charge in [0.1, 0.15) is 0 Å². The monoisotopic (exact) mass is 226 g/mol. The lowest BCUT2D eigenvalue weighted by atomic mass is 9.84. The highest BCUT2D eigenvalue weighted by molar-refractivity contribution is 5.82. The van der Waals surface area contributed by atoms with Gasteiger partial charge in [-0.05, 0) is 38.0 Å². The molecule has 0 heterocycles. The second-order valence-corrected chi connectivity index (χ2v) is 5.02. The largest absolute Gasteiger partial charge is 0.481 e. The van der Waals surface area contributed by atoms with Crippen molar-refractivity contribution in [3.63, 3.8) is 0 Å². The number of nitrogens with one attached hydrogen (secondary N) is 1. The maximum absolute atomic E-state index is 11.5. The summed E-state index contributed by atoms with van der Waals surface area (Å²) in [6.07, 6.45) is 2.94. The number of amides is 1. The molecule has 0 aliphatic heterocycles. The highest BCUT2D eigenvalue weighted by Crippen LogP contribution is 2.48. The number of carboxylic acid groups (broad SMARTS) is 1. The van der Waals surface area contributed by atoms with E-state index in [1.165, 1.54) is 0 Å². The fourth-order valence-corrected chi connectivity index (χ4v) is 3.15. The van der Waals surface area contributed by atoms with Gasteiger partial charge in [-0.25, -0.2) is 0 Å². The zero-order chi connectivity index (χ0) is 11.9. The van der Waals surface area contributed by atoms with Crippen LogP contribution in [0.1, 0.15) is 26.2 Å². The quantitative estimate of drug-likeness (QED) is 0.629. The molecule has 0 saturated heterocycles. The van der Waals surface area contributed by atoms with Crippen molar-refractivity contribution in [1.29, 1.82) is 0 Å². The van der Waals surface area contributed by atoms with Crippen molar-refractivity contribution in [1.82, 2.24) is 5.32 Å². The molecule has 5 heteroatoms. The molecule has 90 valence electrons. The van der Waals surface area contributed by atoms with E-state index < -0.39 is 17.9 Å². The lowest BCUT2D eigenvalue weighted by Crippen LogP contribution is -2.51. The topological polar surface area (TPSA) is 92.4 Å². The molecule has 0 aromatic carbocycles. The highest BCUT2D eigenvalue weighted by atomic mass is 16.4. The predicted octanol–water partition coefficient (Wildman–Crippen LogP) is -0.0509. The van der Waals surface area contributed by atoms with Crippen molar-refractivity contribution in [2.24, 2.45) is 23.5 Å². The van der Waals surface area contributed by atoms with Gasteiger partial charge in [0.05, 0.1) is 12.0 Å². The number of carbonyl (C=O) groups excluding carboxylic acids is 1. The second kappa shape index (κ2) is 4.05. The molecule has 5 unspecified atom stereocenters. The van der Waals surface area contributed by atoms with E-state index >= 15 is 0 Å². The van der Waals surface area contributed by atoms with Crippen LogP contribution in [-0.4, -0.2) is 29.1 Å². The van der Waals surface area contributed by atoms with Crippen LogP contribution in [0.4, 0.5) is 0 Å². The lowest BCUT2D eigenvalue weighted by molar-refractivity contribution is -0.144. The van der Waals surface area contributed by atoms with Crippen LogP contribution in [0.2, 0.25) is 0 Å². The average Bonchev–Trinajstić information content (AvgIpc) is 2.76. The normalized spacial score (nSPS) is 38.4. The van der Waals surface area contributed by atoms with Gasteiger partial charge in [0.25, 0.3) is 0 Å². The number of aliphatic carboxylic acids is 1. The Bertz CT molecular complexity index is 316. The molecule has 0 radical (unpaired) electrons. The van der Waals surface area contributed by atoms with Gasteiger partial charge in [0.15, 0.2) is 0 Å². The molecule has 2 aliphatic carbocycles. The van der Waals surface area contributed by atoms with Crippen molar-refractivity contribution in [3.05, 3.63) is 0 Å². The van der Waals surface area contributed by atoms with Gasteiger partial charge in [-0.2, -0.15) is 0 Å². The zero-order valence-corrected chi connectivity index (χ0v) is 9.35.